The van der Waals surface area contributed by atoms with Crippen molar-refractivity contribution in [1.82, 2.24) is 24.6 Å². The Morgan fingerprint density at radius 1 is 1.03 bits per heavy atom. The van der Waals surface area contributed by atoms with Crippen LogP contribution in [-0.4, -0.2) is 56.1 Å². The van der Waals surface area contributed by atoms with Crippen LogP contribution in [0.4, 0.5) is 10.5 Å². The molecule has 8 heteroatoms. The minimum atomic E-state index is -0.110. The van der Waals surface area contributed by atoms with Crippen molar-refractivity contribution < 1.29 is 9.59 Å². The number of likely N-dealkylation sites (tertiary alicyclic amines) is 1. The molecule has 2 aliphatic rings. The summed E-state index contributed by atoms with van der Waals surface area (Å²) >= 11 is 0. The predicted molar refractivity (Wildman–Crippen MR) is 123 cm³/mol. The van der Waals surface area contributed by atoms with Gasteiger partial charge in [-0.15, -0.1) is 10.2 Å². The minimum Gasteiger partial charge on any atom is -0.343 e. The van der Waals surface area contributed by atoms with E-state index in [9.17, 15) is 9.59 Å². The maximum atomic E-state index is 12.8. The van der Waals surface area contributed by atoms with Gasteiger partial charge < -0.3 is 19.7 Å². The van der Waals surface area contributed by atoms with Crippen molar-refractivity contribution in [3.63, 3.8) is 0 Å². The highest BCUT2D eigenvalue weighted by molar-refractivity contribution is 5.89. The number of aromatic nitrogens is 3. The van der Waals surface area contributed by atoms with Gasteiger partial charge >= 0.3 is 6.03 Å². The third-order valence-electron chi connectivity index (χ3n) is 6.62. The lowest BCUT2D eigenvalue weighted by molar-refractivity contribution is -0.133. The summed E-state index contributed by atoms with van der Waals surface area (Å²) in [4.78, 5) is 28.9. The average Bonchev–Trinajstić information content (AvgIpc) is 3.19. The van der Waals surface area contributed by atoms with E-state index < -0.39 is 0 Å². The van der Waals surface area contributed by atoms with Crippen LogP contribution in [-0.2, 0) is 17.9 Å². The highest BCUT2D eigenvalue weighted by atomic mass is 16.2. The molecule has 0 unspecified atom stereocenters. The van der Waals surface area contributed by atoms with Crippen molar-refractivity contribution in [2.24, 2.45) is 5.92 Å². The number of amides is 3. The van der Waals surface area contributed by atoms with Gasteiger partial charge in [0, 0.05) is 44.2 Å². The number of carbonyl (C=O) groups excluding carboxylic acids is 2. The normalized spacial score (nSPS) is 16.9. The van der Waals surface area contributed by atoms with Gasteiger partial charge in [0.2, 0.25) is 5.91 Å². The highest BCUT2D eigenvalue weighted by Crippen LogP contribution is 2.29. The molecule has 32 heavy (non-hydrogen) atoms. The third kappa shape index (κ3) is 4.79. The summed E-state index contributed by atoms with van der Waals surface area (Å²) in [6, 6.07) is 5.84. The summed E-state index contributed by atoms with van der Waals surface area (Å²) in [6.07, 6.45) is 2.45. The zero-order valence-corrected chi connectivity index (χ0v) is 19.6. The van der Waals surface area contributed by atoms with Crippen molar-refractivity contribution in [3.8, 4) is 0 Å². The monoisotopic (exact) mass is 438 g/mol. The molecule has 8 nitrogen and oxygen atoms in total. The van der Waals surface area contributed by atoms with Crippen molar-refractivity contribution in [2.45, 2.75) is 66.0 Å². The third-order valence-corrected chi connectivity index (χ3v) is 6.62. The number of nitrogens with zero attached hydrogens (tertiary/aromatic N) is 5. The molecule has 0 saturated carbocycles. The Bertz CT molecular complexity index is 990. The van der Waals surface area contributed by atoms with Crippen LogP contribution in [0.15, 0.2) is 18.2 Å². The summed E-state index contributed by atoms with van der Waals surface area (Å²) < 4.78 is 2.18. The molecule has 1 fully saturated rings. The molecule has 3 heterocycles. The van der Waals surface area contributed by atoms with Gasteiger partial charge in [-0.25, -0.2) is 4.79 Å². The van der Waals surface area contributed by atoms with E-state index in [0.717, 1.165) is 48.8 Å². The van der Waals surface area contributed by atoms with E-state index in [4.69, 9.17) is 0 Å². The number of aryl methyl sites for hydroxylation is 2. The number of fused-ring (bicyclic) bond motifs is 1. The first-order valence-electron chi connectivity index (χ1n) is 11.6. The molecule has 3 amide bonds. The highest BCUT2D eigenvalue weighted by Gasteiger charge is 2.31. The maximum Gasteiger partial charge on any atom is 0.322 e. The predicted octanol–water partition coefficient (Wildman–Crippen LogP) is 3.69. The van der Waals surface area contributed by atoms with Gasteiger partial charge in [-0.2, -0.15) is 0 Å². The molecule has 0 atom stereocenters. The molecule has 0 spiro atoms. The smallest absolute Gasteiger partial charge is 0.322 e. The molecule has 0 aliphatic carbocycles. The van der Waals surface area contributed by atoms with E-state index >= 15 is 0 Å². The Labute approximate surface area is 190 Å². The fraction of sp³-hybridized carbons (Fsp3) is 0.583. The van der Waals surface area contributed by atoms with Crippen LogP contribution >= 0.6 is 0 Å². The number of carbonyl (C=O) groups is 2. The molecule has 1 N–H and O–H groups in total. The number of hydrogen-bond donors (Lipinski definition) is 1. The standard InChI is InChI=1S/C24H34N6O2/c1-16(2)13-22(31)28-9-7-19(8-10-28)23-27-26-21-15-29(11-12-30(21)23)24(32)25-20-6-5-17(3)18(4)14-20/h5-6,14,16,19H,7-13,15H2,1-4H3,(H,25,32). The second kappa shape index (κ2) is 9.30. The first-order chi connectivity index (χ1) is 15.3. The van der Waals surface area contributed by atoms with Gasteiger partial charge in [0.15, 0.2) is 5.82 Å². The second-order valence-electron chi connectivity index (χ2n) is 9.53. The lowest BCUT2D eigenvalue weighted by Gasteiger charge is -2.33. The van der Waals surface area contributed by atoms with Gasteiger partial charge in [-0.05, 0) is 55.9 Å². The minimum absolute atomic E-state index is 0.110. The number of hydrogen-bond acceptors (Lipinski definition) is 4. The second-order valence-corrected chi connectivity index (χ2v) is 9.53. The molecule has 0 radical (unpaired) electrons. The molecule has 1 aromatic carbocycles. The largest absolute Gasteiger partial charge is 0.343 e. The Balaban J connectivity index is 1.35. The van der Waals surface area contributed by atoms with Crippen LogP contribution in [0, 0.1) is 19.8 Å². The quantitative estimate of drug-likeness (QED) is 0.789. The molecule has 2 aliphatic heterocycles. The molecular formula is C24H34N6O2. The SMILES string of the molecule is Cc1ccc(NC(=O)N2CCn3c(nnc3C3CCN(C(=O)CC(C)C)CC3)C2)cc1C. The number of rotatable bonds is 4. The molecule has 172 valence electrons. The van der Waals surface area contributed by atoms with E-state index in [0.29, 0.717) is 37.9 Å². The summed E-state index contributed by atoms with van der Waals surface area (Å²) in [5.41, 5.74) is 3.17. The fourth-order valence-electron chi connectivity index (χ4n) is 4.54. The van der Waals surface area contributed by atoms with Crippen LogP contribution in [0.25, 0.3) is 0 Å². The van der Waals surface area contributed by atoms with E-state index in [1.165, 1.54) is 5.56 Å². The summed E-state index contributed by atoms with van der Waals surface area (Å²) in [7, 11) is 0. The van der Waals surface area contributed by atoms with Crippen molar-refractivity contribution in [3.05, 3.63) is 41.0 Å². The maximum absolute atomic E-state index is 12.8. The van der Waals surface area contributed by atoms with Crippen LogP contribution < -0.4 is 5.32 Å². The number of piperidine rings is 1. The lowest BCUT2D eigenvalue weighted by Crippen LogP contribution is -2.42. The Hall–Kier alpha value is -2.90. The van der Waals surface area contributed by atoms with E-state index in [2.05, 4.69) is 40.9 Å². The van der Waals surface area contributed by atoms with E-state index in [-0.39, 0.29) is 11.9 Å². The van der Waals surface area contributed by atoms with Crippen molar-refractivity contribution >= 4 is 17.6 Å². The lowest BCUT2D eigenvalue weighted by atomic mass is 9.95. The Morgan fingerprint density at radius 3 is 2.47 bits per heavy atom. The molecular weight excluding hydrogens is 404 g/mol. The fourth-order valence-corrected chi connectivity index (χ4v) is 4.54. The topological polar surface area (TPSA) is 83.4 Å². The van der Waals surface area contributed by atoms with Crippen molar-refractivity contribution in [1.29, 1.82) is 0 Å². The Morgan fingerprint density at radius 2 is 1.78 bits per heavy atom. The zero-order valence-electron chi connectivity index (χ0n) is 19.6. The first kappa shape index (κ1) is 22.3. The Kier molecular flexibility index (Phi) is 6.48. The van der Waals surface area contributed by atoms with Crippen LogP contribution in [0.3, 0.4) is 0 Å². The molecule has 2 aromatic rings. The molecule has 1 aromatic heterocycles. The summed E-state index contributed by atoms with van der Waals surface area (Å²) in [5, 5.41) is 11.9. The number of urea groups is 1. The van der Waals surface area contributed by atoms with Gasteiger partial charge in [0.1, 0.15) is 5.82 Å². The molecule has 0 bridgehead atoms. The van der Waals surface area contributed by atoms with Crippen LogP contribution in [0.5, 0.6) is 0 Å². The summed E-state index contributed by atoms with van der Waals surface area (Å²) in [5.74, 6) is 2.80. The van der Waals surface area contributed by atoms with Gasteiger partial charge in [0.05, 0.1) is 6.54 Å². The van der Waals surface area contributed by atoms with Gasteiger partial charge in [0.25, 0.3) is 0 Å². The summed E-state index contributed by atoms with van der Waals surface area (Å²) in [6.45, 7) is 11.6. The van der Waals surface area contributed by atoms with E-state index in [1.54, 1.807) is 4.90 Å². The van der Waals surface area contributed by atoms with Crippen LogP contribution in [0.1, 0.15) is 61.8 Å². The number of nitrogens with one attached hydrogen (secondary N) is 1. The number of anilines is 1. The molecule has 1 saturated heterocycles. The zero-order chi connectivity index (χ0) is 22.8. The van der Waals surface area contributed by atoms with Gasteiger partial charge in [-0.3, -0.25) is 4.79 Å². The van der Waals surface area contributed by atoms with Crippen LogP contribution in [0.2, 0.25) is 0 Å². The first-order valence-corrected chi connectivity index (χ1v) is 11.6. The average molecular weight is 439 g/mol. The van der Waals surface area contributed by atoms with Gasteiger partial charge in [-0.1, -0.05) is 19.9 Å². The molecule has 4 rings (SSSR count). The van der Waals surface area contributed by atoms with Crippen molar-refractivity contribution in [2.75, 3.05) is 25.0 Å². The van der Waals surface area contributed by atoms with E-state index in [1.807, 2.05) is 30.0 Å². The number of benzene rings is 1.